The number of carbonyl (C=O) groups is 2. The highest BCUT2D eigenvalue weighted by Gasteiger charge is 2.30. The molecule has 0 aromatic rings. The third-order valence-corrected chi connectivity index (χ3v) is 17.0. The minimum Gasteiger partial charge on any atom is -0.456 e. The normalized spacial score (nSPS) is 14.1. The molecule has 0 aromatic heterocycles. The van der Waals surface area contributed by atoms with Crippen molar-refractivity contribution in [3.05, 3.63) is 97.2 Å². The van der Waals surface area contributed by atoms with Gasteiger partial charge in [-0.1, -0.05) is 305 Å². The monoisotopic (exact) mass is 1240 g/mol. The Labute approximate surface area is 538 Å². The SMILES string of the molecule is CC/C=C\C/C=C\C/C=C\C/C=C\C/C=C\CCCCCCCCCCCCCC(=O)NC(COP(=O)(O)OCC[N+](C)(C)C)C(/C=C\CCCCCCCCCCC)OC(=O)CCCCCCCCCCCCCCC/C=C\C/C=C\CCCCC. The van der Waals surface area contributed by atoms with Crippen molar-refractivity contribution in [1.82, 2.24) is 5.32 Å². The Bertz CT molecular complexity index is 1810. The molecule has 9 nitrogen and oxygen atoms in total. The van der Waals surface area contributed by atoms with Crippen molar-refractivity contribution in [3.8, 4) is 0 Å². The maximum atomic E-state index is 13.6. The van der Waals surface area contributed by atoms with E-state index >= 15 is 0 Å². The highest BCUT2D eigenvalue weighted by molar-refractivity contribution is 7.47. The van der Waals surface area contributed by atoms with Crippen LogP contribution >= 0.6 is 7.82 Å². The molecule has 0 saturated carbocycles. The van der Waals surface area contributed by atoms with E-state index in [2.05, 4.69) is 111 Å². The number of phosphoric ester groups is 1. The number of phosphoric acid groups is 1. The summed E-state index contributed by atoms with van der Waals surface area (Å²) >= 11 is 0. The number of hydrogen-bond donors (Lipinski definition) is 2. The second-order valence-electron chi connectivity index (χ2n) is 25.7. The highest BCUT2D eigenvalue weighted by Crippen LogP contribution is 2.43. The number of quaternary nitrogens is 1. The van der Waals surface area contributed by atoms with Gasteiger partial charge in [0.1, 0.15) is 19.3 Å². The molecular weight excluding hydrogens is 1100 g/mol. The summed E-state index contributed by atoms with van der Waals surface area (Å²) in [6.45, 7) is 6.90. The molecule has 0 radical (unpaired) electrons. The van der Waals surface area contributed by atoms with Gasteiger partial charge in [0, 0.05) is 12.8 Å². The zero-order valence-corrected chi connectivity index (χ0v) is 58.6. The lowest BCUT2D eigenvalue weighted by atomic mass is 10.0. The summed E-state index contributed by atoms with van der Waals surface area (Å²) in [6, 6.07) is -0.855. The van der Waals surface area contributed by atoms with Crippen LogP contribution in [0.3, 0.4) is 0 Å². The number of rotatable bonds is 66. The smallest absolute Gasteiger partial charge is 0.456 e. The summed E-state index contributed by atoms with van der Waals surface area (Å²) in [5.41, 5.74) is 0. The molecule has 0 aromatic carbocycles. The van der Waals surface area contributed by atoms with Gasteiger partial charge in [0.15, 0.2) is 0 Å². The minimum atomic E-state index is -4.46. The average molecular weight is 1240 g/mol. The van der Waals surface area contributed by atoms with Crippen molar-refractivity contribution >= 4 is 19.7 Å². The van der Waals surface area contributed by atoms with E-state index < -0.39 is 20.0 Å². The predicted molar refractivity (Wildman–Crippen MR) is 378 cm³/mol. The Kier molecular flexibility index (Phi) is 63.5. The van der Waals surface area contributed by atoms with Gasteiger partial charge in [-0.2, -0.15) is 0 Å². The second-order valence-corrected chi connectivity index (χ2v) is 27.2. The molecule has 0 rings (SSSR count). The van der Waals surface area contributed by atoms with Crippen LogP contribution in [-0.2, 0) is 27.9 Å². The van der Waals surface area contributed by atoms with E-state index in [0.29, 0.717) is 17.4 Å². The molecule has 10 heteroatoms. The summed E-state index contributed by atoms with van der Waals surface area (Å²) in [6.07, 6.45) is 89.9. The van der Waals surface area contributed by atoms with Gasteiger partial charge in [-0.15, -0.1) is 0 Å². The van der Waals surface area contributed by atoms with Crippen LogP contribution in [-0.4, -0.2) is 74.3 Å². The van der Waals surface area contributed by atoms with Gasteiger partial charge in [0.2, 0.25) is 5.91 Å². The van der Waals surface area contributed by atoms with Crippen LogP contribution in [0.4, 0.5) is 0 Å². The van der Waals surface area contributed by atoms with E-state index in [1.165, 1.54) is 199 Å². The number of esters is 1. The van der Waals surface area contributed by atoms with Crippen LogP contribution in [0, 0.1) is 0 Å². The van der Waals surface area contributed by atoms with Crippen molar-refractivity contribution in [1.29, 1.82) is 0 Å². The van der Waals surface area contributed by atoms with E-state index in [-0.39, 0.29) is 31.5 Å². The third kappa shape index (κ3) is 67.2. The molecule has 504 valence electrons. The molecule has 0 aliphatic rings. The molecular formula is C77H140N2O7P+. The van der Waals surface area contributed by atoms with Crippen LogP contribution in [0.15, 0.2) is 97.2 Å². The molecule has 3 unspecified atom stereocenters. The summed E-state index contributed by atoms with van der Waals surface area (Å²) in [5.74, 6) is -0.504. The summed E-state index contributed by atoms with van der Waals surface area (Å²) in [5, 5.41) is 3.07. The van der Waals surface area contributed by atoms with E-state index in [1.807, 2.05) is 33.3 Å². The van der Waals surface area contributed by atoms with Crippen molar-refractivity contribution in [2.45, 2.75) is 341 Å². The number of carbonyl (C=O) groups excluding carboxylic acids is 2. The van der Waals surface area contributed by atoms with E-state index in [4.69, 9.17) is 13.8 Å². The Morgan fingerprint density at radius 3 is 1.13 bits per heavy atom. The largest absolute Gasteiger partial charge is 0.472 e. The number of amides is 1. The van der Waals surface area contributed by atoms with Crippen LogP contribution in [0.2, 0.25) is 0 Å². The number of hydrogen-bond acceptors (Lipinski definition) is 6. The van der Waals surface area contributed by atoms with Gasteiger partial charge < -0.3 is 19.4 Å². The lowest BCUT2D eigenvalue weighted by Crippen LogP contribution is -2.47. The summed E-state index contributed by atoms with van der Waals surface area (Å²) < 4.78 is 30.8. The molecule has 1 amide bonds. The first-order chi connectivity index (χ1) is 42.4. The quantitative estimate of drug-likeness (QED) is 0.0205. The number of allylic oxidation sites excluding steroid dienone is 15. The molecule has 0 spiro atoms. The maximum absolute atomic E-state index is 13.6. The van der Waals surface area contributed by atoms with Crippen molar-refractivity contribution in [3.63, 3.8) is 0 Å². The number of nitrogens with one attached hydrogen (secondary N) is 1. The summed E-state index contributed by atoms with van der Waals surface area (Å²) in [4.78, 5) is 37.9. The average Bonchev–Trinajstić information content (AvgIpc) is 3.70. The van der Waals surface area contributed by atoms with Crippen molar-refractivity contribution in [2.24, 2.45) is 0 Å². The van der Waals surface area contributed by atoms with Gasteiger partial charge in [-0.3, -0.25) is 18.6 Å². The van der Waals surface area contributed by atoms with Gasteiger partial charge >= 0.3 is 13.8 Å². The Hall–Kier alpha value is -3.07. The zero-order valence-electron chi connectivity index (χ0n) is 57.7. The number of nitrogens with zero attached hydrogens (tertiary/aromatic N) is 1. The lowest BCUT2D eigenvalue weighted by Gasteiger charge is -2.27. The maximum Gasteiger partial charge on any atom is 0.472 e. The fourth-order valence-corrected chi connectivity index (χ4v) is 11.1. The zero-order chi connectivity index (χ0) is 63.5. The predicted octanol–water partition coefficient (Wildman–Crippen LogP) is 23.5. The van der Waals surface area contributed by atoms with Gasteiger partial charge in [0.05, 0.1) is 33.8 Å². The molecule has 3 atom stereocenters. The second kappa shape index (κ2) is 65.9. The van der Waals surface area contributed by atoms with Gasteiger partial charge in [-0.25, -0.2) is 4.57 Å². The Morgan fingerprint density at radius 2 is 0.736 bits per heavy atom. The van der Waals surface area contributed by atoms with Crippen molar-refractivity contribution in [2.75, 3.05) is 40.9 Å². The van der Waals surface area contributed by atoms with Crippen molar-refractivity contribution < 1.29 is 37.3 Å². The minimum absolute atomic E-state index is 0.0368. The molecule has 0 saturated heterocycles. The fourth-order valence-electron chi connectivity index (χ4n) is 10.4. The first-order valence-corrected chi connectivity index (χ1v) is 38.1. The van der Waals surface area contributed by atoms with E-state index in [0.717, 1.165) is 96.3 Å². The molecule has 0 fully saturated rings. The van der Waals surface area contributed by atoms with Crippen LogP contribution in [0.25, 0.3) is 0 Å². The molecule has 87 heavy (non-hydrogen) atoms. The standard InChI is InChI=1S/C77H139N2O7P/c1-7-10-13-16-19-22-25-27-29-31-33-35-37-38-39-40-42-43-45-47-49-51-54-57-60-63-66-69-76(80)78-74(73-85-87(82,83)84-72-71-79(4,5)6)75(68-65-62-59-56-53-24-21-18-15-12-9-3)86-77(81)70-67-64-61-58-55-52-50-48-46-44-41-36-34-32-30-28-26-23-20-17-14-11-8-2/h10,13,19-20,22-23,27-30,33,35,38-39,65,68,74-75H,7-9,11-12,14-18,21,24-26,31-32,34,36-37,40-64,66-67,69-73H2,1-6H3,(H-,78,80,82,83)/p+1/b13-10-,22-19-,23-20-,29-27-,30-28-,35-33-,39-38-,68-65-. The number of ether oxygens (including phenoxy) is 1. The highest BCUT2D eigenvalue weighted by atomic mass is 31.2. The van der Waals surface area contributed by atoms with Gasteiger partial charge in [0.25, 0.3) is 0 Å². The molecule has 2 N–H and O–H groups in total. The third-order valence-electron chi connectivity index (χ3n) is 16.0. The first kappa shape index (κ1) is 83.9. The van der Waals surface area contributed by atoms with Gasteiger partial charge in [-0.05, 0) is 109 Å². The fraction of sp³-hybridized carbons (Fsp3) is 0.766. The number of likely N-dealkylation sites (N-methyl/N-ethyl adjacent to an activating group) is 1. The molecule has 0 bridgehead atoms. The first-order valence-electron chi connectivity index (χ1n) is 36.6. The van der Waals surface area contributed by atoms with E-state index in [9.17, 15) is 19.0 Å². The lowest BCUT2D eigenvalue weighted by molar-refractivity contribution is -0.870. The van der Waals surface area contributed by atoms with Crippen LogP contribution in [0.1, 0.15) is 329 Å². The Morgan fingerprint density at radius 1 is 0.414 bits per heavy atom. The summed E-state index contributed by atoms with van der Waals surface area (Å²) in [7, 11) is 1.49. The molecule has 0 heterocycles. The molecule has 0 aliphatic carbocycles. The number of unbranched alkanes of at least 4 members (excludes halogenated alkanes) is 36. The topological polar surface area (TPSA) is 111 Å². The Balaban J connectivity index is 4.98. The van der Waals surface area contributed by atoms with E-state index in [1.54, 1.807) is 0 Å². The molecule has 0 aliphatic heterocycles. The van der Waals surface area contributed by atoms with Crippen LogP contribution in [0.5, 0.6) is 0 Å². The van der Waals surface area contributed by atoms with Crippen LogP contribution < -0.4 is 5.32 Å².